The van der Waals surface area contributed by atoms with E-state index < -0.39 is 42.4 Å². The summed E-state index contributed by atoms with van der Waals surface area (Å²) in [5.74, 6) is -2.11. The lowest BCUT2D eigenvalue weighted by molar-refractivity contribution is -0.144. The second kappa shape index (κ2) is 13.6. The van der Waals surface area contributed by atoms with Gasteiger partial charge in [-0.25, -0.2) is 4.57 Å². The van der Waals surface area contributed by atoms with E-state index in [1.54, 1.807) is 44.2 Å². The standard InChI is InChI=1S/C22H31N2O10PS/c1-22(2)14-32-35(30,33-15-7-5-4-6-8-15)34-19(22)20(28)24-10-9-17(25)23-11-12-36-16(13-18(26)27)21(29)31-3/h4-8,16,19H,9-14H2,1-3H3,(H,23,25)(H,24,28)(H,26,27)/t16?,19-,35?/m0/s1. The Labute approximate surface area is 213 Å². The molecule has 2 rings (SSSR count). The molecule has 0 aliphatic carbocycles. The first-order valence-electron chi connectivity index (χ1n) is 11.1. The lowest BCUT2D eigenvalue weighted by Crippen LogP contribution is -2.50. The topological polar surface area (TPSA) is 167 Å². The highest BCUT2D eigenvalue weighted by Gasteiger charge is 2.49. The van der Waals surface area contributed by atoms with Crippen LogP contribution in [0.15, 0.2) is 30.3 Å². The van der Waals surface area contributed by atoms with Crippen molar-refractivity contribution in [1.82, 2.24) is 10.6 Å². The molecule has 36 heavy (non-hydrogen) atoms. The lowest BCUT2D eigenvalue weighted by atomic mass is 9.87. The zero-order valence-corrected chi connectivity index (χ0v) is 22.0. The third kappa shape index (κ3) is 9.45. The van der Waals surface area contributed by atoms with Crippen molar-refractivity contribution in [2.75, 3.05) is 32.6 Å². The van der Waals surface area contributed by atoms with Gasteiger partial charge in [-0.2, -0.15) is 0 Å². The number of rotatable bonds is 13. The number of benzene rings is 1. The van der Waals surface area contributed by atoms with Crippen molar-refractivity contribution in [2.24, 2.45) is 5.41 Å². The second-order valence-electron chi connectivity index (χ2n) is 8.47. The van der Waals surface area contributed by atoms with Gasteiger partial charge < -0.3 is 25.0 Å². The van der Waals surface area contributed by atoms with Gasteiger partial charge in [-0.1, -0.05) is 32.0 Å². The molecule has 1 heterocycles. The molecule has 14 heteroatoms. The van der Waals surface area contributed by atoms with Gasteiger partial charge >= 0.3 is 19.8 Å². The van der Waals surface area contributed by atoms with E-state index in [0.717, 1.165) is 11.8 Å². The van der Waals surface area contributed by atoms with Gasteiger partial charge in [0.2, 0.25) is 5.91 Å². The Morgan fingerprint density at radius 2 is 1.89 bits per heavy atom. The van der Waals surface area contributed by atoms with E-state index in [1.807, 2.05) is 0 Å². The summed E-state index contributed by atoms with van der Waals surface area (Å²) in [5.41, 5.74) is -0.802. The van der Waals surface area contributed by atoms with Crippen LogP contribution < -0.4 is 15.2 Å². The van der Waals surface area contributed by atoms with Gasteiger partial charge in [0.1, 0.15) is 11.0 Å². The molecule has 12 nitrogen and oxygen atoms in total. The Hall–Kier alpha value is -2.60. The molecule has 0 radical (unpaired) electrons. The summed E-state index contributed by atoms with van der Waals surface area (Å²) in [6.07, 6.45) is -1.55. The number of carbonyl (C=O) groups excluding carboxylic acids is 3. The first-order valence-corrected chi connectivity index (χ1v) is 13.6. The van der Waals surface area contributed by atoms with Crippen molar-refractivity contribution in [1.29, 1.82) is 0 Å². The number of amides is 2. The molecular weight excluding hydrogens is 515 g/mol. The number of carboxylic acid groups (broad SMARTS) is 1. The van der Waals surface area contributed by atoms with Crippen molar-refractivity contribution in [3.63, 3.8) is 0 Å². The fraction of sp³-hybridized carbons (Fsp3) is 0.545. The summed E-state index contributed by atoms with van der Waals surface area (Å²) in [4.78, 5) is 47.3. The summed E-state index contributed by atoms with van der Waals surface area (Å²) in [6, 6.07) is 8.31. The zero-order valence-electron chi connectivity index (χ0n) is 20.3. The monoisotopic (exact) mass is 546 g/mol. The molecule has 2 amide bonds. The molecule has 0 aromatic heterocycles. The molecule has 1 aliphatic rings. The number of phosphoric acid groups is 1. The molecule has 1 saturated heterocycles. The zero-order chi connectivity index (χ0) is 26.8. The first kappa shape index (κ1) is 29.6. The van der Waals surface area contributed by atoms with E-state index in [1.165, 1.54) is 7.11 Å². The van der Waals surface area contributed by atoms with Crippen molar-refractivity contribution in [3.05, 3.63) is 30.3 Å². The Morgan fingerprint density at radius 3 is 2.53 bits per heavy atom. The molecule has 2 unspecified atom stereocenters. The number of esters is 1. The fourth-order valence-electron chi connectivity index (χ4n) is 3.06. The van der Waals surface area contributed by atoms with Crippen LogP contribution in [-0.4, -0.2) is 72.8 Å². The number of carbonyl (C=O) groups is 4. The third-order valence-electron chi connectivity index (χ3n) is 4.96. The number of para-hydroxylation sites is 1. The number of phosphoric ester groups is 1. The van der Waals surface area contributed by atoms with Gasteiger partial charge in [-0.05, 0) is 12.1 Å². The second-order valence-corrected chi connectivity index (χ2v) is 11.3. The maximum absolute atomic E-state index is 12.9. The number of nitrogens with one attached hydrogen (secondary N) is 2. The maximum atomic E-state index is 12.9. The van der Waals surface area contributed by atoms with Crippen LogP contribution >= 0.6 is 19.6 Å². The summed E-state index contributed by atoms with van der Waals surface area (Å²) < 4.78 is 33.7. The van der Waals surface area contributed by atoms with Crippen LogP contribution in [-0.2, 0) is 37.5 Å². The van der Waals surface area contributed by atoms with E-state index in [9.17, 15) is 23.7 Å². The average molecular weight is 547 g/mol. The van der Waals surface area contributed by atoms with Gasteiger partial charge in [0.15, 0.2) is 6.10 Å². The number of hydrogen-bond acceptors (Lipinski definition) is 10. The van der Waals surface area contributed by atoms with Crippen molar-refractivity contribution in [2.45, 2.75) is 38.0 Å². The molecular formula is C22H31N2O10PS. The summed E-state index contributed by atoms with van der Waals surface area (Å²) >= 11 is 1.07. The Kier molecular flexibility index (Phi) is 11.2. The van der Waals surface area contributed by atoms with E-state index >= 15 is 0 Å². The molecule has 1 aromatic carbocycles. The van der Waals surface area contributed by atoms with Crippen molar-refractivity contribution >= 4 is 43.3 Å². The molecule has 0 bridgehead atoms. The van der Waals surface area contributed by atoms with Gasteiger partial charge in [-0.15, -0.1) is 11.8 Å². The van der Waals surface area contributed by atoms with Crippen molar-refractivity contribution < 1.29 is 47.2 Å². The minimum Gasteiger partial charge on any atom is -0.481 e. The molecule has 1 fully saturated rings. The van der Waals surface area contributed by atoms with E-state index in [0.29, 0.717) is 5.75 Å². The quantitative estimate of drug-likeness (QED) is 0.188. The molecule has 0 saturated carbocycles. The van der Waals surface area contributed by atoms with E-state index in [2.05, 4.69) is 15.4 Å². The third-order valence-corrected chi connectivity index (χ3v) is 7.51. The summed E-state index contributed by atoms with van der Waals surface area (Å²) in [7, 11) is -2.86. The molecule has 1 aromatic rings. The van der Waals surface area contributed by atoms with Crippen molar-refractivity contribution in [3.8, 4) is 5.75 Å². The van der Waals surface area contributed by atoms with Crippen LogP contribution in [0.2, 0.25) is 0 Å². The number of methoxy groups -OCH3 is 1. The lowest BCUT2D eigenvalue weighted by Gasteiger charge is -2.39. The molecule has 3 N–H and O–H groups in total. The smallest absolute Gasteiger partial charge is 0.481 e. The van der Waals surface area contributed by atoms with Crippen LogP contribution in [0, 0.1) is 5.41 Å². The number of aliphatic carboxylic acids is 1. The molecule has 0 spiro atoms. The maximum Gasteiger partial charge on any atom is 0.530 e. The average Bonchev–Trinajstić information content (AvgIpc) is 2.82. The number of thioether (sulfide) groups is 1. The molecule has 1 aliphatic heterocycles. The van der Waals surface area contributed by atoms with Crippen LogP contribution in [0.3, 0.4) is 0 Å². The number of carboxylic acids is 1. The highest BCUT2D eigenvalue weighted by atomic mass is 32.2. The summed E-state index contributed by atoms with van der Waals surface area (Å²) in [6.45, 7) is 3.60. The van der Waals surface area contributed by atoms with E-state index in [-0.39, 0.29) is 44.2 Å². The van der Waals surface area contributed by atoms with E-state index in [4.69, 9.17) is 18.7 Å². The highest BCUT2D eigenvalue weighted by molar-refractivity contribution is 8.00. The predicted octanol–water partition coefficient (Wildman–Crippen LogP) is 1.99. The predicted molar refractivity (Wildman–Crippen MR) is 130 cm³/mol. The Morgan fingerprint density at radius 1 is 1.19 bits per heavy atom. The number of ether oxygens (including phenoxy) is 1. The summed E-state index contributed by atoms with van der Waals surface area (Å²) in [5, 5.41) is 13.2. The van der Waals surface area contributed by atoms with Crippen LogP contribution in [0.1, 0.15) is 26.7 Å². The van der Waals surface area contributed by atoms with Crippen LogP contribution in [0.4, 0.5) is 0 Å². The fourth-order valence-corrected chi connectivity index (χ4v) is 5.72. The Balaban J connectivity index is 1.77. The van der Waals surface area contributed by atoms with Crippen LogP contribution in [0.5, 0.6) is 5.75 Å². The first-order chi connectivity index (χ1) is 17.0. The van der Waals surface area contributed by atoms with Gasteiger partial charge in [0.05, 0.1) is 20.1 Å². The Bertz CT molecular complexity index is 975. The molecule has 200 valence electrons. The van der Waals surface area contributed by atoms with Gasteiger partial charge in [0, 0.05) is 30.7 Å². The minimum absolute atomic E-state index is 0.00223. The number of hydrogen-bond donors (Lipinski definition) is 3. The van der Waals surface area contributed by atoms with Gasteiger partial charge in [-0.3, -0.25) is 28.2 Å². The minimum atomic E-state index is -4.03. The van der Waals surface area contributed by atoms with Crippen LogP contribution in [0.25, 0.3) is 0 Å². The highest BCUT2D eigenvalue weighted by Crippen LogP contribution is 2.56. The van der Waals surface area contributed by atoms with Gasteiger partial charge in [0.25, 0.3) is 5.91 Å². The molecule has 3 atom stereocenters. The largest absolute Gasteiger partial charge is 0.530 e. The normalized spacial score (nSPS) is 21.6. The SMILES string of the molecule is COC(=O)C(CC(=O)O)SCCNC(=O)CCNC(=O)[C@@H]1OP(=O)(Oc2ccccc2)OCC1(C)C.